The predicted molar refractivity (Wildman–Crippen MR) is 68.5 cm³/mol. The largest absolute Gasteiger partial charge is 0.393 e. The van der Waals surface area contributed by atoms with Crippen LogP contribution in [0.25, 0.3) is 0 Å². The standard InChI is InChI=1S/C12H13FN2OS/c13-9-2-3-10-8(7-9)1-4-12(16)15(10)6-5-11(14)17/h2-3,7H,1,4-6H2,(H2,14,17). The molecule has 5 heteroatoms. The third kappa shape index (κ3) is 2.61. The van der Waals surface area contributed by atoms with Gasteiger partial charge in [-0.15, -0.1) is 0 Å². The van der Waals surface area contributed by atoms with Gasteiger partial charge in [0.1, 0.15) is 5.82 Å². The van der Waals surface area contributed by atoms with Crippen molar-refractivity contribution in [2.24, 2.45) is 5.73 Å². The first-order valence-electron chi connectivity index (χ1n) is 5.45. The number of anilines is 1. The molecule has 1 aromatic carbocycles. The number of nitrogens with two attached hydrogens (primary N) is 1. The van der Waals surface area contributed by atoms with Crippen molar-refractivity contribution in [2.45, 2.75) is 19.3 Å². The lowest BCUT2D eigenvalue weighted by molar-refractivity contribution is -0.118. The Hall–Kier alpha value is -1.49. The van der Waals surface area contributed by atoms with Gasteiger partial charge >= 0.3 is 0 Å². The van der Waals surface area contributed by atoms with Gasteiger partial charge in [0.05, 0.1) is 4.99 Å². The molecule has 2 rings (SSSR count). The SMILES string of the molecule is NC(=S)CCN1C(=O)CCc2cc(F)ccc21. The maximum atomic E-state index is 13.1. The van der Waals surface area contributed by atoms with Crippen molar-refractivity contribution in [1.29, 1.82) is 0 Å². The lowest BCUT2D eigenvalue weighted by Gasteiger charge is -2.29. The summed E-state index contributed by atoms with van der Waals surface area (Å²) in [5.41, 5.74) is 7.08. The Labute approximate surface area is 104 Å². The Bertz CT molecular complexity index is 476. The molecule has 0 bridgehead atoms. The first-order valence-corrected chi connectivity index (χ1v) is 5.86. The molecule has 0 aliphatic carbocycles. The highest BCUT2D eigenvalue weighted by Crippen LogP contribution is 2.28. The van der Waals surface area contributed by atoms with Gasteiger partial charge in [-0.3, -0.25) is 4.79 Å². The van der Waals surface area contributed by atoms with Gasteiger partial charge in [0.15, 0.2) is 0 Å². The van der Waals surface area contributed by atoms with E-state index in [-0.39, 0.29) is 11.7 Å². The monoisotopic (exact) mass is 252 g/mol. The summed E-state index contributed by atoms with van der Waals surface area (Å²) in [6.45, 7) is 0.465. The van der Waals surface area contributed by atoms with Crippen LogP contribution in [0.3, 0.4) is 0 Å². The molecule has 90 valence electrons. The minimum atomic E-state index is -0.271. The molecule has 0 unspecified atom stereocenters. The van der Waals surface area contributed by atoms with Crippen LogP contribution in [0.1, 0.15) is 18.4 Å². The quantitative estimate of drug-likeness (QED) is 0.834. The Morgan fingerprint density at radius 3 is 2.94 bits per heavy atom. The van der Waals surface area contributed by atoms with E-state index in [2.05, 4.69) is 0 Å². The van der Waals surface area contributed by atoms with Gasteiger partial charge < -0.3 is 10.6 Å². The van der Waals surface area contributed by atoms with Gasteiger partial charge in [0.25, 0.3) is 0 Å². The number of aryl methyl sites for hydroxylation is 1. The van der Waals surface area contributed by atoms with Gasteiger partial charge in [-0.25, -0.2) is 4.39 Å². The van der Waals surface area contributed by atoms with E-state index < -0.39 is 0 Å². The van der Waals surface area contributed by atoms with Gasteiger partial charge in [-0.2, -0.15) is 0 Å². The number of hydrogen-bond donors (Lipinski definition) is 1. The molecule has 2 N–H and O–H groups in total. The van der Waals surface area contributed by atoms with E-state index in [1.807, 2.05) is 0 Å². The molecule has 17 heavy (non-hydrogen) atoms. The minimum Gasteiger partial charge on any atom is -0.393 e. The number of carbonyl (C=O) groups is 1. The summed E-state index contributed by atoms with van der Waals surface area (Å²) in [6, 6.07) is 4.49. The molecule has 1 amide bonds. The van der Waals surface area contributed by atoms with Crippen LogP contribution < -0.4 is 10.6 Å². The average Bonchev–Trinajstić information content (AvgIpc) is 2.27. The molecular weight excluding hydrogens is 239 g/mol. The summed E-state index contributed by atoms with van der Waals surface area (Å²) in [5.74, 6) is -0.229. The van der Waals surface area contributed by atoms with Crippen LogP contribution in [0.2, 0.25) is 0 Å². The Morgan fingerprint density at radius 2 is 2.24 bits per heavy atom. The molecule has 1 aromatic rings. The average molecular weight is 252 g/mol. The van der Waals surface area contributed by atoms with Crippen molar-refractivity contribution < 1.29 is 9.18 Å². The van der Waals surface area contributed by atoms with Gasteiger partial charge in [-0.05, 0) is 30.2 Å². The van der Waals surface area contributed by atoms with Gasteiger partial charge in [-0.1, -0.05) is 12.2 Å². The van der Waals surface area contributed by atoms with Crippen LogP contribution >= 0.6 is 12.2 Å². The van der Waals surface area contributed by atoms with E-state index in [1.54, 1.807) is 11.0 Å². The zero-order valence-electron chi connectivity index (χ0n) is 9.28. The zero-order valence-corrected chi connectivity index (χ0v) is 10.1. The molecule has 0 saturated carbocycles. The van der Waals surface area contributed by atoms with Crippen molar-refractivity contribution in [3.63, 3.8) is 0 Å². The molecule has 0 atom stereocenters. The number of halogens is 1. The van der Waals surface area contributed by atoms with Crippen LogP contribution in [0.4, 0.5) is 10.1 Å². The minimum absolute atomic E-state index is 0.0420. The number of amides is 1. The fourth-order valence-electron chi connectivity index (χ4n) is 2.00. The van der Waals surface area contributed by atoms with E-state index in [9.17, 15) is 9.18 Å². The fourth-order valence-corrected chi connectivity index (χ4v) is 2.09. The van der Waals surface area contributed by atoms with Crippen molar-refractivity contribution in [2.75, 3.05) is 11.4 Å². The fraction of sp³-hybridized carbons (Fsp3) is 0.333. The lowest BCUT2D eigenvalue weighted by Crippen LogP contribution is -2.37. The second-order valence-electron chi connectivity index (χ2n) is 4.03. The molecule has 3 nitrogen and oxygen atoms in total. The summed E-state index contributed by atoms with van der Waals surface area (Å²) in [7, 11) is 0. The highest BCUT2D eigenvalue weighted by Gasteiger charge is 2.23. The highest BCUT2D eigenvalue weighted by molar-refractivity contribution is 7.80. The Kier molecular flexibility index (Phi) is 3.38. The van der Waals surface area contributed by atoms with E-state index in [4.69, 9.17) is 18.0 Å². The van der Waals surface area contributed by atoms with Crippen molar-refractivity contribution in [3.8, 4) is 0 Å². The van der Waals surface area contributed by atoms with Crippen molar-refractivity contribution in [1.82, 2.24) is 0 Å². The molecule has 0 saturated heterocycles. The number of carbonyl (C=O) groups excluding carboxylic acids is 1. The maximum absolute atomic E-state index is 13.1. The summed E-state index contributed by atoms with van der Waals surface area (Å²) < 4.78 is 13.1. The lowest BCUT2D eigenvalue weighted by atomic mass is 10.0. The summed E-state index contributed by atoms with van der Waals surface area (Å²) in [4.78, 5) is 13.8. The first kappa shape index (κ1) is 12.0. The molecule has 1 heterocycles. The highest BCUT2D eigenvalue weighted by atomic mass is 32.1. The zero-order chi connectivity index (χ0) is 12.4. The number of nitrogens with zero attached hydrogens (tertiary/aromatic N) is 1. The normalized spacial score (nSPS) is 14.6. The predicted octanol–water partition coefficient (Wildman–Crippen LogP) is 1.78. The third-order valence-corrected chi connectivity index (χ3v) is 3.03. The maximum Gasteiger partial charge on any atom is 0.227 e. The second kappa shape index (κ2) is 4.79. The van der Waals surface area contributed by atoms with E-state index in [0.717, 1.165) is 11.3 Å². The van der Waals surface area contributed by atoms with Crippen molar-refractivity contribution in [3.05, 3.63) is 29.6 Å². The molecular formula is C12H13FN2OS. The van der Waals surface area contributed by atoms with Crippen LogP contribution in [-0.4, -0.2) is 17.4 Å². The van der Waals surface area contributed by atoms with Crippen LogP contribution in [0.5, 0.6) is 0 Å². The van der Waals surface area contributed by atoms with E-state index in [0.29, 0.717) is 30.8 Å². The smallest absolute Gasteiger partial charge is 0.227 e. The van der Waals surface area contributed by atoms with Crippen LogP contribution in [-0.2, 0) is 11.2 Å². The second-order valence-corrected chi connectivity index (χ2v) is 4.56. The number of rotatable bonds is 3. The van der Waals surface area contributed by atoms with Gasteiger partial charge in [0, 0.05) is 25.1 Å². The molecule has 0 radical (unpaired) electrons. The number of fused-ring (bicyclic) bond motifs is 1. The summed E-state index contributed by atoms with van der Waals surface area (Å²) in [5, 5.41) is 0. The molecule has 0 aromatic heterocycles. The topological polar surface area (TPSA) is 46.3 Å². The van der Waals surface area contributed by atoms with E-state index >= 15 is 0 Å². The molecule has 1 aliphatic heterocycles. The number of thiocarbonyl (C=S) groups is 1. The van der Waals surface area contributed by atoms with Crippen LogP contribution in [0.15, 0.2) is 18.2 Å². The summed E-state index contributed by atoms with van der Waals surface area (Å²) in [6.07, 6.45) is 1.49. The number of hydrogen-bond acceptors (Lipinski definition) is 2. The number of benzene rings is 1. The first-order chi connectivity index (χ1) is 8.08. The molecule has 0 spiro atoms. The third-order valence-electron chi connectivity index (χ3n) is 2.82. The Morgan fingerprint density at radius 1 is 1.47 bits per heavy atom. The van der Waals surface area contributed by atoms with Crippen molar-refractivity contribution >= 4 is 28.8 Å². The molecule has 0 fully saturated rings. The van der Waals surface area contributed by atoms with E-state index in [1.165, 1.54) is 12.1 Å². The Balaban J connectivity index is 2.27. The summed E-state index contributed by atoms with van der Waals surface area (Å²) >= 11 is 4.80. The van der Waals surface area contributed by atoms with Crippen LogP contribution in [0, 0.1) is 5.82 Å². The van der Waals surface area contributed by atoms with Gasteiger partial charge in [0.2, 0.25) is 5.91 Å². The molecule has 1 aliphatic rings.